The second-order valence-electron chi connectivity index (χ2n) is 5.97. The van der Waals surface area contributed by atoms with Crippen LogP contribution in [-0.4, -0.2) is 36.8 Å². The Morgan fingerprint density at radius 1 is 1.07 bits per heavy atom. The van der Waals surface area contributed by atoms with Gasteiger partial charge in [-0.15, -0.1) is 0 Å². The number of halogens is 5. The zero-order chi connectivity index (χ0) is 22.0. The Morgan fingerprint density at radius 2 is 1.66 bits per heavy atom. The summed E-state index contributed by atoms with van der Waals surface area (Å²) < 4.78 is 44.6. The summed E-state index contributed by atoms with van der Waals surface area (Å²) in [6, 6.07) is 8.39. The number of aliphatic hydroxyl groups is 1. The molecule has 0 saturated heterocycles. The predicted octanol–water partition coefficient (Wildman–Crippen LogP) is 4.58. The fourth-order valence-corrected chi connectivity index (χ4v) is 2.80. The minimum Gasteiger partial charge on any atom is -0.463 e. The SMILES string of the molecule is CCOC(=O)[C@](O)(c1ccc(N(C)C(=O)c2ccc(Cl)c(Cl)c2)cc1)C(F)(F)F. The Labute approximate surface area is 174 Å². The van der Waals surface area contributed by atoms with Gasteiger partial charge in [-0.1, -0.05) is 35.3 Å². The van der Waals surface area contributed by atoms with Crippen LogP contribution in [0.3, 0.4) is 0 Å². The van der Waals surface area contributed by atoms with Gasteiger partial charge in [0, 0.05) is 23.9 Å². The lowest BCUT2D eigenvalue weighted by atomic mass is 9.93. The number of benzene rings is 2. The van der Waals surface area contributed by atoms with Crippen LogP contribution in [0, 0.1) is 0 Å². The molecule has 5 nitrogen and oxygen atoms in total. The molecule has 1 N–H and O–H groups in total. The van der Waals surface area contributed by atoms with Crippen molar-refractivity contribution in [3.05, 3.63) is 63.6 Å². The summed E-state index contributed by atoms with van der Waals surface area (Å²) in [5.41, 5.74) is -4.13. The largest absolute Gasteiger partial charge is 0.463 e. The number of alkyl halides is 3. The molecule has 29 heavy (non-hydrogen) atoms. The van der Waals surface area contributed by atoms with Crippen molar-refractivity contribution < 1.29 is 32.6 Å². The van der Waals surface area contributed by atoms with Gasteiger partial charge in [0.25, 0.3) is 11.5 Å². The zero-order valence-electron chi connectivity index (χ0n) is 15.3. The minimum atomic E-state index is -5.30. The van der Waals surface area contributed by atoms with Gasteiger partial charge >= 0.3 is 12.1 Å². The molecule has 0 radical (unpaired) electrons. The van der Waals surface area contributed by atoms with Crippen LogP contribution in [-0.2, 0) is 15.1 Å². The molecule has 0 aliphatic carbocycles. The number of carbonyl (C=O) groups excluding carboxylic acids is 2. The van der Waals surface area contributed by atoms with Crippen molar-refractivity contribution in [2.24, 2.45) is 0 Å². The molecule has 0 aliphatic rings. The van der Waals surface area contributed by atoms with Crippen molar-refractivity contribution in [2.45, 2.75) is 18.7 Å². The number of amides is 1. The quantitative estimate of drug-likeness (QED) is 0.678. The van der Waals surface area contributed by atoms with Gasteiger partial charge in [0.2, 0.25) is 0 Å². The van der Waals surface area contributed by atoms with E-state index in [1.54, 1.807) is 0 Å². The predicted molar refractivity (Wildman–Crippen MR) is 102 cm³/mol. The molecular formula is C19H16Cl2F3NO4. The van der Waals surface area contributed by atoms with E-state index in [2.05, 4.69) is 4.74 Å². The van der Waals surface area contributed by atoms with E-state index in [1.165, 1.54) is 49.2 Å². The molecule has 0 fully saturated rings. The van der Waals surface area contributed by atoms with Gasteiger partial charge in [-0.3, -0.25) is 4.79 Å². The second kappa shape index (κ2) is 8.61. The smallest absolute Gasteiger partial charge is 0.432 e. The normalized spacial score (nSPS) is 13.5. The average molecular weight is 450 g/mol. The Morgan fingerprint density at radius 3 is 2.14 bits per heavy atom. The summed E-state index contributed by atoms with van der Waals surface area (Å²) in [4.78, 5) is 25.5. The Bertz CT molecular complexity index is 919. The molecule has 0 spiro atoms. The monoisotopic (exact) mass is 449 g/mol. The summed E-state index contributed by atoms with van der Waals surface area (Å²) in [5, 5.41) is 10.5. The molecule has 1 atom stereocenters. The summed E-state index contributed by atoms with van der Waals surface area (Å²) in [6.07, 6.45) is -5.30. The average Bonchev–Trinajstić information content (AvgIpc) is 2.67. The first-order valence-corrected chi connectivity index (χ1v) is 8.99. The fourth-order valence-electron chi connectivity index (χ4n) is 2.50. The molecule has 0 aliphatic heterocycles. The second-order valence-corrected chi connectivity index (χ2v) is 6.78. The number of hydrogen-bond acceptors (Lipinski definition) is 4. The van der Waals surface area contributed by atoms with Crippen LogP contribution < -0.4 is 4.90 Å². The van der Waals surface area contributed by atoms with Gasteiger partial charge in [0.15, 0.2) is 0 Å². The van der Waals surface area contributed by atoms with Crippen LogP contribution in [0.15, 0.2) is 42.5 Å². The molecule has 2 aromatic rings. The number of hydrogen-bond donors (Lipinski definition) is 1. The Hall–Kier alpha value is -2.29. The van der Waals surface area contributed by atoms with Gasteiger partial charge in [-0.2, -0.15) is 13.2 Å². The van der Waals surface area contributed by atoms with E-state index in [-0.39, 0.29) is 27.9 Å². The van der Waals surface area contributed by atoms with Crippen LogP contribution in [0.2, 0.25) is 10.0 Å². The maximum atomic E-state index is 13.4. The van der Waals surface area contributed by atoms with Crippen molar-refractivity contribution in [1.29, 1.82) is 0 Å². The third kappa shape index (κ3) is 4.49. The number of nitrogens with zero attached hydrogens (tertiary/aromatic N) is 1. The Kier molecular flexibility index (Phi) is 6.82. The maximum absolute atomic E-state index is 13.4. The van der Waals surface area contributed by atoms with Crippen LogP contribution in [0.5, 0.6) is 0 Å². The summed E-state index contributed by atoms with van der Waals surface area (Å²) in [7, 11) is 1.40. The van der Waals surface area contributed by atoms with Crippen molar-refractivity contribution in [3.8, 4) is 0 Å². The van der Waals surface area contributed by atoms with E-state index >= 15 is 0 Å². The van der Waals surface area contributed by atoms with E-state index in [0.29, 0.717) is 0 Å². The van der Waals surface area contributed by atoms with Crippen molar-refractivity contribution in [3.63, 3.8) is 0 Å². The first-order valence-electron chi connectivity index (χ1n) is 8.23. The van der Waals surface area contributed by atoms with E-state index in [4.69, 9.17) is 23.2 Å². The molecule has 0 heterocycles. The molecular weight excluding hydrogens is 434 g/mol. The highest BCUT2D eigenvalue weighted by atomic mass is 35.5. The van der Waals surface area contributed by atoms with E-state index in [9.17, 15) is 27.9 Å². The third-order valence-electron chi connectivity index (χ3n) is 4.12. The van der Waals surface area contributed by atoms with Gasteiger partial charge in [-0.25, -0.2) is 4.79 Å². The number of rotatable bonds is 5. The van der Waals surface area contributed by atoms with Gasteiger partial charge < -0.3 is 14.7 Å². The zero-order valence-corrected chi connectivity index (χ0v) is 16.8. The number of carbonyl (C=O) groups is 2. The molecule has 0 bridgehead atoms. The third-order valence-corrected chi connectivity index (χ3v) is 4.86. The van der Waals surface area contributed by atoms with Crippen LogP contribution >= 0.6 is 23.2 Å². The van der Waals surface area contributed by atoms with Crippen molar-refractivity contribution >= 4 is 40.8 Å². The fraction of sp³-hybridized carbons (Fsp3) is 0.263. The molecule has 2 aromatic carbocycles. The molecule has 10 heteroatoms. The first kappa shape index (κ1) is 23.0. The van der Waals surface area contributed by atoms with Gasteiger partial charge in [-0.05, 0) is 37.3 Å². The number of anilines is 1. The summed E-state index contributed by atoms with van der Waals surface area (Å²) >= 11 is 11.7. The lowest BCUT2D eigenvalue weighted by Crippen LogP contribution is -2.50. The minimum absolute atomic E-state index is 0.172. The highest BCUT2D eigenvalue weighted by Crippen LogP contribution is 2.40. The van der Waals surface area contributed by atoms with Gasteiger partial charge in [0.05, 0.1) is 16.7 Å². The molecule has 2 rings (SSSR count). The first-order chi connectivity index (χ1) is 13.4. The summed E-state index contributed by atoms with van der Waals surface area (Å²) in [5.74, 6) is -2.33. The summed E-state index contributed by atoms with van der Waals surface area (Å²) in [6.45, 7) is 0.984. The highest BCUT2D eigenvalue weighted by molar-refractivity contribution is 6.42. The lowest BCUT2D eigenvalue weighted by Gasteiger charge is -2.29. The highest BCUT2D eigenvalue weighted by Gasteiger charge is 2.62. The van der Waals surface area contributed by atoms with E-state index in [0.717, 1.165) is 12.1 Å². The van der Waals surface area contributed by atoms with Crippen LogP contribution in [0.4, 0.5) is 18.9 Å². The lowest BCUT2D eigenvalue weighted by molar-refractivity contribution is -0.267. The molecule has 0 saturated carbocycles. The standard InChI is InChI=1S/C19H16Cl2F3NO4/c1-3-29-17(27)18(28,19(22,23)24)12-5-7-13(8-6-12)25(2)16(26)11-4-9-14(20)15(21)10-11/h4-10,28H,3H2,1-2H3/t18-/m1/s1. The molecule has 0 aromatic heterocycles. The topological polar surface area (TPSA) is 66.8 Å². The van der Waals surface area contributed by atoms with E-state index < -0.39 is 29.2 Å². The van der Waals surface area contributed by atoms with Crippen molar-refractivity contribution in [1.82, 2.24) is 0 Å². The molecule has 1 amide bonds. The van der Waals surface area contributed by atoms with E-state index in [1.807, 2.05) is 0 Å². The molecule has 156 valence electrons. The number of esters is 1. The van der Waals surface area contributed by atoms with Gasteiger partial charge in [0.1, 0.15) is 0 Å². The Balaban J connectivity index is 2.35. The maximum Gasteiger partial charge on any atom is 0.432 e. The van der Waals surface area contributed by atoms with Crippen LogP contribution in [0.25, 0.3) is 0 Å². The van der Waals surface area contributed by atoms with Crippen LogP contribution in [0.1, 0.15) is 22.8 Å². The molecule has 0 unspecified atom stereocenters. The number of ether oxygens (including phenoxy) is 1. The van der Waals surface area contributed by atoms with Crippen molar-refractivity contribution in [2.75, 3.05) is 18.6 Å².